The van der Waals surface area contributed by atoms with Gasteiger partial charge in [-0.25, -0.2) is 4.57 Å². The number of carbonyl (C=O) groups is 2. The normalized spacial score (nSPS) is 15.9. The maximum absolute atomic E-state index is 12.7. The first-order chi connectivity index (χ1) is 25.7. The predicted octanol–water partition coefficient (Wildman–Crippen LogP) is 12.2. The Hall–Kier alpha value is -0.990. The van der Waals surface area contributed by atoms with Crippen LogP contribution in [0.25, 0.3) is 0 Å². The summed E-state index contributed by atoms with van der Waals surface area (Å²) in [5.74, 6) is -0.766. The second-order valence-corrected chi connectivity index (χ2v) is 17.7. The van der Waals surface area contributed by atoms with Crippen molar-refractivity contribution < 1.29 is 42.1 Å². The summed E-state index contributed by atoms with van der Waals surface area (Å²) in [6.07, 6.45) is 35.0. The maximum Gasteiger partial charge on any atom is 0.472 e. The monoisotopic (exact) mass is 775 g/mol. The van der Waals surface area contributed by atoms with Crippen LogP contribution in [0.1, 0.15) is 213 Å². The van der Waals surface area contributed by atoms with Crippen molar-refractivity contribution in [1.29, 1.82) is 0 Å². The van der Waals surface area contributed by atoms with Gasteiger partial charge in [-0.3, -0.25) is 18.6 Å². The smallest absolute Gasteiger partial charge is 0.462 e. The van der Waals surface area contributed by atoms with Gasteiger partial charge >= 0.3 is 19.8 Å². The van der Waals surface area contributed by atoms with Gasteiger partial charge < -0.3 is 18.9 Å². The lowest BCUT2D eigenvalue weighted by Gasteiger charge is -2.37. The number of phosphoric acid groups is 1. The Morgan fingerprint density at radius 2 is 0.962 bits per heavy atom. The van der Waals surface area contributed by atoms with E-state index in [1.807, 2.05) is 0 Å². The fourth-order valence-electron chi connectivity index (χ4n) is 7.28. The van der Waals surface area contributed by atoms with Crippen LogP contribution in [0, 0.1) is 0 Å². The molecule has 53 heavy (non-hydrogen) atoms. The van der Waals surface area contributed by atoms with E-state index in [0.717, 1.165) is 68.9 Å². The van der Waals surface area contributed by atoms with Crippen LogP contribution in [0.15, 0.2) is 0 Å². The third-order valence-corrected chi connectivity index (χ3v) is 11.9. The number of hydrogen-bond acceptors (Lipinski definition) is 7. The molecule has 0 radical (unpaired) electrons. The summed E-state index contributed by atoms with van der Waals surface area (Å²) in [5, 5.41) is 0. The van der Waals surface area contributed by atoms with Gasteiger partial charge in [-0.15, -0.1) is 0 Å². The molecule has 1 saturated heterocycles. The van der Waals surface area contributed by atoms with Crippen molar-refractivity contribution in [2.24, 2.45) is 0 Å². The zero-order valence-corrected chi connectivity index (χ0v) is 35.8. The average Bonchev–Trinajstić information content (AvgIpc) is 3.13. The summed E-state index contributed by atoms with van der Waals surface area (Å²) in [4.78, 5) is 35.6. The maximum atomic E-state index is 12.7. The first-order valence-corrected chi connectivity index (χ1v) is 24.0. The van der Waals surface area contributed by atoms with Crippen LogP contribution in [-0.4, -0.2) is 73.9 Å². The van der Waals surface area contributed by atoms with Gasteiger partial charge in [0, 0.05) is 12.8 Å². The summed E-state index contributed by atoms with van der Waals surface area (Å²) in [6, 6.07) is 0. The molecule has 1 N–H and O–H groups in total. The lowest BCUT2D eigenvalue weighted by Crippen LogP contribution is -2.49. The van der Waals surface area contributed by atoms with Crippen molar-refractivity contribution in [2.75, 3.05) is 46.5 Å². The topological polar surface area (TPSA) is 108 Å². The Labute approximate surface area is 326 Å². The number of rotatable bonds is 38. The highest BCUT2D eigenvalue weighted by molar-refractivity contribution is 7.47. The van der Waals surface area contributed by atoms with Crippen molar-refractivity contribution in [2.45, 2.75) is 219 Å². The van der Waals surface area contributed by atoms with Crippen LogP contribution in [0.5, 0.6) is 0 Å². The lowest BCUT2D eigenvalue weighted by atomic mass is 10.0. The molecule has 10 heteroatoms. The number of likely N-dealkylation sites (N-methyl/N-ethyl adjacent to an activating group) is 1. The highest BCUT2D eigenvalue weighted by Crippen LogP contribution is 2.43. The van der Waals surface area contributed by atoms with E-state index in [4.69, 9.17) is 18.5 Å². The van der Waals surface area contributed by atoms with Gasteiger partial charge in [-0.2, -0.15) is 0 Å². The number of nitrogens with zero attached hydrogens (tertiary/aromatic N) is 1. The number of likely N-dealkylation sites (tertiary alicyclic amines) is 1. The molecule has 0 aliphatic carbocycles. The zero-order valence-electron chi connectivity index (χ0n) is 34.9. The number of carbonyl (C=O) groups excluding carboxylic acids is 2. The SMILES string of the molecule is CCCCCCCCCCCCCCCC(=O)OCC(COP(=O)(O)OCC[N+]1(C)CCCCC1)OC(=O)CCCCCCCCCCCCCCC. The molecule has 1 aliphatic heterocycles. The highest BCUT2D eigenvalue weighted by Gasteiger charge is 2.29. The van der Waals surface area contributed by atoms with Gasteiger partial charge in [0.1, 0.15) is 19.8 Å². The van der Waals surface area contributed by atoms with Gasteiger partial charge in [0.15, 0.2) is 6.10 Å². The largest absolute Gasteiger partial charge is 0.472 e. The third-order valence-electron chi connectivity index (χ3n) is 10.9. The first kappa shape index (κ1) is 50.0. The number of ether oxygens (including phenoxy) is 2. The van der Waals surface area contributed by atoms with Gasteiger partial charge in [-0.05, 0) is 32.1 Å². The molecular formula is C43H85NO8P+. The summed E-state index contributed by atoms with van der Waals surface area (Å²) >= 11 is 0. The van der Waals surface area contributed by atoms with E-state index in [2.05, 4.69) is 20.9 Å². The number of phosphoric ester groups is 1. The second kappa shape index (κ2) is 34.3. The Morgan fingerprint density at radius 1 is 0.566 bits per heavy atom. The molecule has 0 aromatic rings. The molecule has 0 amide bonds. The predicted molar refractivity (Wildman–Crippen MR) is 218 cm³/mol. The van der Waals surface area contributed by atoms with E-state index in [9.17, 15) is 19.0 Å². The Kier molecular flexibility index (Phi) is 32.4. The zero-order chi connectivity index (χ0) is 38.7. The molecule has 1 aliphatic rings. The van der Waals surface area contributed by atoms with Crippen molar-refractivity contribution in [3.63, 3.8) is 0 Å². The van der Waals surface area contributed by atoms with E-state index in [1.165, 1.54) is 135 Å². The molecule has 1 rings (SSSR count). The molecule has 1 fully saturated rings. The van der Waals surface area contributed by atoms with E-state index in [0.29, 0.717) is 13.0 Å². The third kappa shape index (κ3) is 31.9. The molecule has 1 heterocycles. The summed E-state index contributed by atoms with van der Waals surface area (Å²) in [5.41, 5.74) is 0. The summed E-state index contributed by atoms with van der Waals surface area (Å²) in [6.45, 7) is 6.70. The summed E-state index contributed by atoms with van der Waals surface area (Å²) in [7, 11) is -2.23. The molecule has 0 bridgehead atoms. The number of unbranched alkanes of at least 4 members (excludes halogenated alkanes) is 24. The highest BCUT2D eigenvalue weighted by atomic mass is 31.2. The Balaban J connectivity index is 2.34. The molecule has 0 aromatic carbocycles. The van der Waals surface area contributed by atoms with Crippen LogP contribution in [-0.2, 0) is 32.7 Å². The molecule has 0 aromatic heterocycles. The van der Waals surface area contributed by atoms with E-state index in [1.54, 1.807) is 0 Å². The molecule has 9 nitrogen and oxygen atoms in total. The molecule has 0 saturated carbocycles. The van der Waals surface area contributed by atoms with E-state index >= 15 is 0 Å². The van der Waals surface area contributed by atoms with Crippen LogP contribution < -0.4 is 0 Å². The van der Waals surface area contributed by atoms with Crippen LogP contribution in [0.3, 0.4) is 0 Å². The fourth-order valence-corrected chi connectivity index (χ4v) is 8.03. The van der Waals surface area contributed by atoms with Crippen LogP contribution in [0.2, 0.25) is 0 Å². The van der Waals surface area contributed by atoms with Gasteiger partial charge in [0.05, 0.1) is 26.7 Å². The quantitative estimate of drug-likeness (QED) is 0.0286. The minimum atomic E-state index is -4.37. The van der Waals surface area contributed by atoms with Gasteiger partial charge in [0.2, 0.25) is 0 Å². The molecular weight excluding hydrogens is 689 g/mol. The van der Waals surface area contributed by atoms with Crippen molar-refractivity contribution in [1.82, 2.24) is 0 Å². The van der Waals surface area contributed by atoms with E-state index in [-0.39, 0.29) is 32.2 Å². The minimum absolute atomic E-state index is 0.0991. The summed E-state index contributed by atoms with van der Waals surface area (Å²) < 4.78 is 35.1. The van der Waals surface area contributed by atoms with Crippen LogP contribution in [0.4, 0.5) is 0 Å². The van der Waals surface area contributed by atoms with Crippen molar-refractivity contribution >= 4 is 19.8 Å². The Bertz CT molecular complexity index is 913. The Morgan fingerprint density at radius 3 is 1.40 bits per heavy atom. The van der Waals surface area contributed by atoms with E-state index < -0.39 is 19.9 Å². The number of esters is 2. The van der Waals surface area contributed by atoms with Crippen molar-refractivity contribution in [3.8, 4) is 0 Å². The lowest BCUT2D eigenvalue weighted by molar-refractivity contribution is -0.914. The molecule has 2 unspecified atom stereocenters. The average molecular weight is 775 g/mol. The second-order valence-electron chi connectivity index (χ2n) is 16.2. The van der Waals surface area contributed by atoms with Gasteiger partial charge in [0.25, 0.3) is 0 Å². The fraction of sp³-hybridized carbons (Fsp3) is 0.953. The molecule has 2 atom stereocenters. The number of quaternary nitrogens is 1. The minimum Gasteiger partial charge on any atom is -0.462 e. The van der Waals surface area contributed by atoms with Crippen molar-refractivity contribution in [3.05, 3.63) is 0 Å². The standard InChI is InChI=1S/C43H84NO8P/c1-4-6-8-10-12-14-16-18-20-22-24-26-29-33-42(45)49-39-41(40-51-53(47,48)50-38-37-44(3)35-31-28-32-36-44)52-43(46)34-30-27-25-23-21-19-17-15-13-11-9-7-5-2/h41H,4-40H2,1-3H3/p+1. The number of piperidine rings is 1. The first-order valence-electron chi connectivity index (χ1n) is 22.5. The molecule has 0 spiro atoms. The number of hydrogen-bond donors (Lipinski definition) is 1. The molecule has 314 valence electrons. The van der Waals surface area contributed by atoms with Gasteiger partial charge in [-0.1, -0.05) is 168 Å². The van der Waals surface area contributed by atoms with Crippen LogP contribution >= 0.6 is 7.82 Å².